The van der Waals surface area contributed by atoms with Crippen molar-refractivity contribution in [1.29, 1.82) is 0 Å². The zero-order valence-electron chi connectivity index (χ0n) is 18.2. The third kappa shape index (κ3) is 3.78. The summed E-state index contributed by atoms with van der Waals surface area (Å²) >= 11 is 0. The number of amides is 1. The van der Waals surface area contributed by atoms with Gasteiger partial charge in [-0.3, -0.25) is 9.59 Å². The van der Waals surface area contributed by atoms with Gasteiger partial charge in [-0.2, -0.15) is 0 Å². The molecule has 2 aliphatic rings. The highest BCUT2D eigenvalue weighted by molar-refractivity contribution is 6.22. The number of nitrogens with one attached hydrogen (secondary N) is 1. The number of ketones is 1. The first kappa shape index (κ1) is 20.4. The van der Waals surface area contributed by atoms with E-state index < -0.39 is 0 Å². The average molecular weight is 427 g/mol. The quantitative estimate of drug-likeness (QED) is 0.530. The summed E-state index contributed by atoms with van der Waals surface area (Å²) in [6.45, 7) is 7.76. The molecule has 0 radical (unpaired) electrons. The van der Waals surface area contributed by atoms with Crippen molar-refractivity contribution in [2.75, 3.05) is 37.6 Å². The molecule has 0 bridgehead atoms. The zero-order chi connectivity index (χ0) is 22.1. The molecule has 1 N–H and O–H groups in total. The minimum Gasteiger partial charge on any atom is -0.354 e. The molecule has 0 atom stereocenters. The van der Waals surface area contributed by atoms with Gasteiger partial charge in [0.25, 0.3) is 5.91 Å². The standard InChI is InChI=1S/C26H26N4O2/c1-2-29-11-13-30(14-12-29)24-10-7-18(16-27-24)17-28-26(32)19-8-9-21-20-5-3-4-6-22(20)25(31)23(21)15-19/h3-10,15-16H,2,11-14,17H2,1H3,(H,28,32). The van der Waals surface area contributed by atoms with E-state index in [2.05, 4.69) is 27.0 Å². The summed E-state index contributed by atoms with van der Waals surface area (Å²) in [6, 6.07) is 16.9. The lowest BCUT2D eigenvalue weighted by Gasteiger charge is -2.34. The van der Waals surface area contributed by atoms with E-state index in [4.69, 9.17) is 0 Å². The third-order valence-corrected chi connectivity index (χ3v) is 6.39. The second kappa shape index (κ2) is 8.55. The molecule has 2 aromatic carbocycles. The minimum atomic E-state index is -0.198. The number of pyridine rings is 1. The fourth-order valence-corrected chi connectivity index (χ4v) is 4.46. The van der Waals surface area contributed by atoms with Crippen LogP contribution in [-0.4, -0.2) is 54.3 Å². The van der Waals surface area contributed by atoms with E-state index in [0.29, 0.717) is 23.2 Å². The lowest BCUT2D eigenvalue weighted by atomic mass is 10.0. The molecule has 3 aromatic rings. The summed E-state index contributed by atoms with van der Waals surface area (Å²) < 4.78 is 0. The van der Waals surface area contributed by atoms with Crippen LogP contribution in [0.1, 0.15) is 38.8 Å². The van der Waals surface area contributed by atoms with Gasteiger partial charge in [-0.25, -0.2) is 4.98 Å². The van der Waals surface area contributed by atoms with Gasteiger partial charge in [-0.1, -0.05) is 43.3 Å². The summed E-state index contributed by atoms with van der Waals surface area (Å²) in [7, 11) is 0. The van der Waals surface area contributed by atoms with E-state index in [-0.39, 0.29) is 11.7 Å². The van der Waals surface area contributed by atoms with E-state index in [9.17, 15) is 9.59 Å². The summed E-state index contributed by atoms with van der Waals surface area (Å²) in [5.74, 6) is 0.758. The van der Waals surface area contributed by atoms with Crippen LogP contribution < -0.4 is 10.2 Å². The number of hydrogen-bond donors (Lipinski definition) is 1. The van der Waals surface area contributed by atoms with E-state index in [1.54, 1.807) is 12.1 Å². The Morgan fingerprint density at radius 3 is 2.41 bits per heavy atom. The maximum absolute atomic E-state index is 12.7. The molecule has 0 unspecified atom stereocenters. The van der Waals surface area contributed by atoms with Gasteiger partial charge in [-0.15, -0.1) is 0 Å². The Balaban J connectivity index is 1.22. The molecule has 5 rings (SSSR count). The number of anilines is 1. The Morgan fingerprint density at radius 2 is 1.69 bits per heavy atom. The Bertz CT molecular complexity index is 1160. The van der Waals surface area contributed by atoms with Gasteiger partial charge in [-0.05, 0) is 41.4 Å². The number of hydrogen-bond acceptors (Lipinski definition) is 5. The number of piperazine rings is 1. The molecule has 6 heteroatoms. The highest BCUT2D eigenvalue weighted by Crippen LogP contribution is 2.36. The molecule has 1 aliphatic carbocycles. The predicted molar refractivity (Wildman–Crippen MR) is 125 cm³/mol. The average Bonchev–Trinajstić information content (AvgIpc) is 3.14. The maximum atomic E-state index is 12.7. The van der Waals surface area contributed by atoms with Crippen LogP contribution in [0.15, 0.2) is 60.8 Å². The van der Waals surface area contributed by atoms with Crippen molar-refractivity contribution in [2.24, 2.45) is 0 Å². The van der Waals surface area contributed by atoms with Gasteiger partial charge < -0.3 is 15.1 Å². The van der Waals surface area contributed by atoms with Gasteiger partial charge >= 0.3 is 0 Å². The first-order valence-electron chi connectivity index (χ1n) is 11.1. The smallest absolute Gasteiger partial charge is 0.251 e. The highest BCUT2D eigenvalue weighted by Gasteiger charge is 2.27. The van der Waals surface area contributed by atoms with Crippen molar-refractivity contribution in [3.63, 3.8) is 0 Å². The lowest BCUT2D eigenvalue weighted by Crippen LogP contribution is -2.46. The van der Waals surface area contributed by atoms with E-state index in [1.165, 1.54) is 0 Å². The molecule has 1 amide bonds. The normalized spacial score (nSPS) is 15.4. The van der Waals surface area contributed by atoms with Gasteiger partial charge in [0, 0.05) is 55.6 Å². The van der Waals surface area contributed by atoms with Crippen LogP contribution in [0.2, 0.25) is 0 Å². The zero-order valence-corrected chi connectivity index (χ0v) is 18.2. The fraction of sp³-hybridized carbons (Fsp3) is 0.269. The molecule has 162 valence electrons. The molecule has 1 saturated heterocycles. The first-order chi connectivity index (χ1) is 15.6. The molecule has 32 heavy (non-hydrogen) atoms. The second-order valence-electron chi connectivity index (χ2n) is 8.26. The van der Waals surface area contributed by atoms with E-state index >= 15 is 0 Å². The van der Waals surface area contributed by atoms with Crippen LogP contribution in [0.5, 0.6) is 0 Å². The van der Waals surface area contributed by atoms with Gasteiger partial charge in [0.1, 0.15) is 5.82 Å². The van der Waals surface area contributed by atoms with Crippen molar-refractivity contribution >= 4 is 17.5 Å². The van der Waals surface area contributed by atoms with Crippen LogP contribution >= 0.6 is 0 Å². The number of benzene rings is 2. The van der Waals surface area contributed by atoms with Crippen LogP contribution in [0, 0.1) is 0 Å². The summed E-state index contributed by atoms with van der Waals surface area (Å²) in [6.07, 6.45) is 1.82. The minimum absolute atomic E-state index is 0.0233. The van der Waals surface area contributed by atoms with Crippen LogP contribution in [0.3, 0.4) is 0 Å². The topological polar surface area (TPSA) is 65.5 Å². The number of fused-ring (bicyclic) bond motifs is 3. The molecule has 1 fully saturated rings. The fourth-order valence-electron chi connectivity index (χ4n) is 4.46. The van der Waals surface area contributed by atoms with Crippen LogP contribution in [0.4, 0.5) is 5.82 Å². The molecule has 1 aromatic heterocycles. The monoisotopic (exact) mass is 426 g/mol. The number of rotatable bonds is 5. The van der Waals surface area contributed by atoms with Crippen molar-refractivity contribution in [3.05, 3.63) is 83.0 Å². The number of carbonyl (C=O) groups excluding carboxylic acids is 2. The maximum Gasteiger partial charge on any atom is 0.251 e. The number of nitrogens with zero attached hydrogens (tertiary/aromatic N) is 3. The molecular weight excluding hydrogens is 400 g/mol. The SMILES string of the molecule is CCN1CCN(c2ccc(CNC(=O)c3ccc4c(c3)C(=O)c3ccccc3-4)cn2)CC1. The van der Waals surface area contributed by atoms with E-state index in [0.717, 1.165) is 55.2 Å². The van der Waals surface area contributed by atoms with Crippen molar-refractivity contribution in [1.82, 2.24) is 15.2 Å². The third-order valence-electron chi connectivity index (χ3n) is 6.39. The van der Waals surface area contributed by atoms with E-state index in [1.807, 2.05) is 48.7 Å². The molecular formula is C26H26N4O2. The first-order valence-corrected chi connectivity index (χ1v) is 11.1. The van der Waals surface area contributed by atoms with Gasteiger partial charge in [0.2, 0.25) is 0 Å². The van der Waals surface area contributed by atoms with Crippen molar-refractivity contribution < 1.29 is 9.59 Å². The molecule has 0 spiro atoms. The molecule has 0 saturated carbocycles. The lowest BCUT2D eigenvalue weighted by molar-refractivity contribution is 0.0951. The van der Waals surface area contributed by atoms with Crippen LogP contribution in [0.25, 0.3) is 11.1 Å². The number of likely N-dealkylation sites (N-methyl/N-ethyl adjacent to an activating group) is 1. The Kier molecular flexibility index (Phi) is 5.45. The molecule has 2 heterocycles. The largest absolute Gasteiger partial charge is 0.354 e. The highest BCUT2D eigenvalue weighted by atomic mass is 16.1. The predicted octanol–water partition coefficient (Wildman–Crippen LogP) is 3.36. The Hall–Kier alpha value is -3.51. The Labute approximate surface area is 187 Å². The molecule has 1 aliphatic heterocycles. The number of aromatic nitrogens is 1. The van der Waals surface area contributed by atoms with Crippen LogP contribution in [-0.2, 0) is 6.54 Å². The second-order valence-corrected chi connectivity index (χ2v) is 8.26. The summed E-state index contributed by atoms with van der Waals surface area (Å²) in [5.41, 5.74) is 4.54. The Morgan fingerprint density at radius 1 is 0.938 bits per heavy atom. The molecule has 6 nitrogen and oxygen atoms in total. The summed E-state index contributed by atoms with van der Waals surface area (Å²) in [5, 5.41) is 2.94. The van der Waals surface area contributed by atoms with Crippen molar-refractivity contribution in [3.8, 4) is 11.1 Å². The summed E-state index contributed by atoms with van der Waals surface area (Å²) in [4.78, 5) is 34.7. The van der Waals surface area contributed by atoms with Gasteiger partial charge in [0.15, 0.2) is 5.78 Å². The van der Waals surface area contributed by atoms with Crippen molar-refractivity contribution in [2.45, 2.75) is 13.5 Å². The van der Waals surface area contributed by atoms with Gasteiger partial charge in [0.05, 0.1) is 0 Å². The number of carbonyl (C=O) groups is 2.